The summed E-state index contributed by atoms with van der Waals surface area (Å²) >= 11 is 0. The fraction of sp³-hybridized carbons (Fsp3) is 0.917. The number of hydrogen-bond acceptors (Lipinski definition) is 12. The number of nitrogens with one attached hydrogen (secondary N) is 2. The molecule has 0 rings (SSSR count). The number of carbonyl (C=O) groups excluding carboxylic acids is 2. The summed E-state index contributed by atoms with van der Waals surface area (Å²) in [5.41, 5.74) is 0. The Bertz CT molecular complexity index is 541. The summed E-state index contributed by atoms with van der Waals surface area (Å²) in [5, 5.41) is 5.43. The molecular formula is C24H48N2O12. The normalized spacial score (nSPS) is 11.4. The Hall–Kier alpha value is -1.46. The quantitative estimate of drug-likeness (QED) is 0.101. The number of carbonyl (C=O) groups is 2. The summed E-state index contributed by atoms with van der Waals surface area (Å²) < 4.78 is 51.5. The molecule has 38 heavy (non-hydrogen) atoms. The third-order valence-electron chi connectivity index (χ3n) is 4.14. The second kappa shape index (κ2) is 28.5. The molecule has 2 amide bonds. The number of ether oxygens (including phenoxy) is 10. The van der Waals surface area contributed by atoms with Crippen molar-refractivity contribution in [2.75, 3.05) is 87.3 Å². The average molecular weight is 557 g/mol. The monoisotopic (exact) mass is 556 g/mol. The van der Waals surface area contributed by atoms with E-state index in [1.807, 2.05) is 13.8 Å². The minimum Gasteiger partial charge on any atom is -0.377 e. The first kappa shape index (κ1) is 36.5. The zero-order valence-corrected chi connectivity index (χ0v) is 23.4. The highest BCUT2D eigenvalue weighted by atomic mass is 16.8. The van der Waals surface area contributed by atoms with Crippen molar-refractivity contribution >= 4 is 11.8 Å². The number of hydrogen-bond donors (Lipinski definition) is 2. The van der Waals surface area contributed by atoms with E-state index in [1.54, 1.807) is 0 Å². The average Bonchev–Trinajstić information content (AvgIpc) is 2.87. The van der Waals surface area contributed by atoms with Crippen molar-refractivity contribution in [3.05, 3.63) is 0 Å². The minimum atomic E-state index is -0.189. The van der Waals surface area contributed by atoms with Crippen molar-refractivity contribution in [1.29, 1.82) is 0 Å². The topological polar surface area (TPSA) is 151 Å². The maximum atomic E-state index is 11.6. The molecule has 0 saturated heterocycles. The molecule has 0 bridgehead atoms. The molecule has 0 aromatic rings. The van der Waals surface area contributed by atoms with Gasteiger partial charge in [0, 0.05) is 32.0 Å². The van der Waals surface area contributed by atoms with E-state index in [9.17, 15) is 9.59 Å². The first-order chi connectivity index (χ1) is 18.4. The molecule has 0 fully saturated rings. The lowest BCUT2D eigenvalue weighted by Gasteiger charge is -2.10. The molecule has 0 aliphatic rings. The Morgan fingerprint density at radius 3 is 1.42 bits per heavy atom. The van der Waals surface area contributed by atoms with E-state index in [-0.39, 0.29) is 85.0 Å². The summed E-state index contributed by atoms with van der Waals surface area (Å²) in [6.45, 7) is 10.3. The van der Waals surface area contributed by atoms with Gasteiger partial charge in [-0.15, -0.1) is 0 Å². The molecule has 0 spiro atoms. The third-order valence-corrected chi connectivity index (χ3v) is 4.14. The Balaban J connectivity index is 3.15. The van der Waals surface area contributed by atoms with Gasteiger partial charge in [0.1, 0.15) is 13.6 Å². The summed E-state index contributed by atoms with van der Waals surface area (Å²) in [5.74, 6) is 0.276. The summed E-state index contributed by atoms with van der Waals surface area (Å²) in [6, 6.07) is 0.0634. The van der Waals surface area contributed by atoms with Crippen molar-refractivity contribution in [3.63, 3.8) is 0 Å². The first-order valence-electron chi connectivity index (χ1n) is 12.7. The highest BCUT2D eigenvalue weighted by molar-refractivity contribution is 5.83. The molecular weight excluding hydrogens is 508 g/mol. The van der Waals surface area contributed by atoms with E-state index < -0.39 is 0 Å². The van der Waals surface area contributed by atoms with Crippen LogP contribution in [0.3, 0.4) is 0 Å². The fourth-order valence-electron chi connectivity index (χ4n) is 2.34. The maximum Gasteiger partial charge on any atom is 0.220 e. The van der Waals surface area contributed by atoms with Crippen LogP contribution in [0.5, 0.6) is 0 Å². The molecule has 0 atom stereocenters. The van der Waals surface area contributed by atoms with Gasteiger partial charge in [-0.2, -0.15) is 0 Å². The van der Waals surface area contributed by atoms with Gasteiger partial charge in [-0.1, -0.05) is 13.8 Å². The molecule has 0 aliphatic heterocycles. The first-order valence-corrected chi connectivity index (χ1v) is 12.7. The van der Waals surface area contributed by atoms with Crippen LogP contribution in [0.1, 0.15) is 47.0 Å². The van der Waals surface area contributed by atoms with E-state index in [0.29, 0.717) is 38.9 Å². The third kappa shape index (κ3) is 30.8. The lowest BCUT2D eigenvalue weighted by molar-refractivity contribution is -0.226. The van der Waals surface area contributed by atoms with Crippen LogP contribution < -0.4 is 10.6 Å². The predicted octanol–water partition coefficient (Wildman–Crippen LogP) is 1.28. The Kier molecular flexibility index (Phi) is 27.4. The molecule has 14 heteroatoms. The van der Waals surface area contributed by atoms with Crippen LogP contribution in [0, 0.1) is 5.92 Å². The molecule has 14 nitrogen and oxygen atoms in total. The molecule has 0 unspecified atom stereocenters. The van der Waals surface area contributed by atoms with E-state index in [0.717, 1.165) is 6.42 Å². The zero-order valence-electron chi connectivity index (χ0n) is 23.4. The van der Waals surface area contributed by atoms with Crippen molar-refractivity contribution in [3.8, 4) is 0 Å². The zero-order chi connectivity index (χ0) is 28.1. The summed E-state index contributed by atoms with van der Waals surface area (Å²) in [4.78, 5) is 23.1. The summed E-state index contributed by atoms with van der Waals surface area (Å²) in [6.07, 6.45) is 1.31. The smallest absolute Gasteiger partial charge is 0.220 e. The molecule has 0 saturated carbocycles. The van der Waals surface area contributed by atoms with Crippen molar-refractivity contribution in [2.45, 2.75) is 53.0 Å². The Morgan fingerprint density at radius 2 is 0.947 bits per heavy atom. The van der Waals surface area contributed by atoms with Gasteiger partial charge in [0.15, 0.2) is 40.8 Å². The van der Waals surface area contributed by atoms with Crippen LogP contribution >= 0.6 is 0 Å². The van der Waals surface area contributed by atoms with Crippen LogP contribution in [-0.2, 0) is 57.0 Å². The minimum absolute atomic E-state index is 0.000827. The molecule has 2 N–H and O–H groups in total. The van der Waals surface area contributed by atoms with Gasteiger partial charge < -0.3 is 58.0 Å². The highest BCUT2D eigenvalue weighted by Gasteiger charge is 2.07. The van der Waals surface area contributed by atoms with Crippen molar-refractivity contribution < 1.29 is 57.0 Å². The van der Waals surface area contributed by atoms with Gasteiger partial charge in [0.25, 0.3) is 0 Å². The Labute approximate surface area is 226 Å². The fourth-order valence-corrected chi connectivity index (χ4v) is 2.34. The highest BCUT2D eigenvalue weighted by Crippen LogP contribution is 1.98. The van der Waals surface area contributed by atoms with Gasteiger partial charge >= 0.3 is 0 Å². The van der Waals surface area contributed by atoms with Crippen LogP contribution in [0.15, 0.2) is 0 Å². The second-order valence-corrected chi connectivity index (χ2v) is 8.56. The van der Waals surface area contributed by atoms with Crippen molar-refractivity contribution in [1.82, 2.24) is 10.6 Å². The lowest BCUT2D eigenvalue weighted by atomic mass is 10.1. The van der Waals surface area contributed by atoms with E-state index in [2.05, 4.69) is 24.5 Å². The standard InChI is InChI=1S/C24H48N2O12/c1-21(2)7-9-30-13-32-15-34-17-36-19-38-20-37-18-35-16-33-14-31-12-11-29-10-8-25-23(27)5-6-24(28)26-22(3)4/h21-22H,5-20H2,1-4H3,(H,25,27)(H,26,28). The molecule has 0 radical (unpaired) electrons. The predicted molar refractivity (Wildman–Crippen MR) is 134 cm³/mol. The van der Waals surface area contributed by atoms with E-state index in [1.165, 1.54) is 0 Å². The van der Waals surface area contributed by atoms with Gasteiger partial charge in [-0.05, 0) is 26.2 Å². The van der Waals surface area contributed by atoms with Gasteiger partial charge in [-0.3, -0.25) is 9.59 Å². The second-order valence-electron chi connectivity index (χ2n) is 8.56. The van der Waals surface area contributed by atoms with Gasteiger partial charge in [-0.25, -0.2) is 0 Å². The van der Waals surface area contributed by atoms with E-state index in [4.69, 9.17) is 47.4 Å². The largest absolute Gasteiger partial charge is 0.377 e. The van der Waals surface area contributed by atoms with E-state index >= 15 is 0 Å². The van der Waals surface area contributed by atoms with Crippen LogP contribution in [0.4, 0.5) is 0 Å². The molecule has 0 aromatic heterocycles. The summed E-state index contributed by atoms with van der Waals surface area (Å²) in [7, 11) is 0. The molecule has 0 heterocycles. The Morgan fingerprint density at radius 1 is 0.526 bits per heavy atom. The molecule has 0 aromatic carbocycles. The van der Waals surface area contributed by atoms with Crippen molar-refractivity contribution in [2.24, 2.45) is 5.92 Å². The van der Waals surface area contributed by atoms with Crippen LogP contribution in [0.2, 0.25) is 0 Å². The van der Waals surface area contributed by atoms with Gasteiger partial charge in [0.2, 0.25) is 11.8 Å². The maximum absolute atomic E-state index is 11.6. The molecule has 226 valence electrons. The SMILES string of the molecule is CC(C)CCOCOCOCOCOCOCOCOCOCCOCCNC(=O)CCC(=O)NC(C)C. The number of amides is 2. The number of rotatable bonds is 29. The van der Waals surface area contributed by atoms with Crippen LogP contribution in [-0.4, -0.2) is 105 Å². The van der Waals surface area contributed by atoms with Crippen LogP contribution in [0.25, 0.3) is 0 Å². The molecule has 0 aliphatic carbocycles. The lowest BCUT2D eigenvalue weighted by Crippen LogP contribution is -2.32. The van der Waals surface area contributed by atoms with Gasteiger partial charge in [0.05, 0.1) is 19.8 Å².